The number of carbonyl (C=O) groups excluding carboxylic acids is 1. The predicted octanol–water partition coefficient (Wildman–Crippen LogP) is 2.85. The average Bonchev–Trinajstić information content (AvgIpc) is 2.98. The predicted molar refractivity (Wildman–Crippen MR) is 89.0 cm³/mol. The zero-order chi connectivity index (χ0) is 16.2. The van der Waals surface area contributed by atoms with E-state index in [0.29, 0.717) is 6.42 Å². The number of nitrogens with one attached hydrogen (secondary N) is 1. The quantitative estimate of drug-likeness (QED) is 0.788. The molecule has 23 heavy (non-hydrogen) atoms. The molecule has 1 N–H and O–H groups in total. The van der Waals surface area contributed by atoms with Crippen LogP contribution >= 0.6 is 0 Å². The molecular weight excluding hydrogens is 288 g/mol. The van der Waals surface area contributed by atoms with Crippen LogP contribution in [0.15, 0.2) is 48.7 Å². The van der Waals surface area contributed by atoms with Gasteiger partial charge in [0.25, 0.3) is 0 Å². The van der Waals surface area contributed by atoms with Crippen LogP contribution in [0.3, 0.4) is 0 Å². The Morgan fingerprint density at radius 1 is 1.17 bits per heavy atom. The highest BCUT2D eigenvalue weighted by Gasteiger charge is 2.15. The van der Waals surface area contributed by atoms with Gasteiger partial charge >= 0.3 is 0 Å². The Balaban J connectivity index is 1.60. The number of hydrogen-bond donors (Lipinski definition) is 1. The second-order valence-electron chi connectivity index (χ2n) is 5.76. The molecule has 118 valence electrons. The number of fused-ring (bicyclic) bond motifs is 1. The first kappa shape index (κ1) is 15.2. The van der Waals surface area contributed by atoms with Crippen molar-refractivity contribution in [3.63, 3.8) is 0 Å². The Morgan fingerprint density at radius 3 is 2.74 bits per heavy atom. The number of nitrogens with zero attached hydrogens (tertiary/aromatic N) is 3. The van der Waals surface area contributed by atoms with E-state index in [4.69, 9.17) is 0 Å². The molecule has 0 aliphatic rings. The second-order valence-corrected chi connectivity index (χ2v) is 5.76. The minimum Gasteiger partial charge on any atom is -0.346 e. The van der Waals surface area contributed by atoms with Crippen molar-refractivity contribution in [2.24, 2.45) is 0 Å². The van der Waals surface area contributed by atoms with Crippen LogP contribution in [0.2, 0.25) is 0 Å². The molecule has 2 heterocycles. The van der Waals surface area contributed by atoms with Crippen LogP contribution in [0.25, 0.3) is 5.65 Å². The maximum Gasteiger partial charge on any atom is 0.220 e. The number of rotatable bonds is 5. The van der Waals surface area contributed by atoms with Crippen LogP contribution in [0.1, 0.15) is 36.3 Å². The molecule has 1 unspecified atom stereocenters. The first-order chi connectivity index (χ1) is 11.1. The van der Waals surface area contributed by atoms with Crippen molar-refractivity contribution >= 4 is 11.6 Å². The third kappa shape index (κ3) is 3.56. The summed E-state index contributed by atoms with van der Waals surface area (Å²) in [6, 6.07) is 13.8. The normalized spacial score (nSPS) is 12.3. The second kappa shape index (κ2) is 6.60. The number of benzene rings is 1. The zero-order valence-corrected chi connectivity index (χ0v) is 13.4. The lowest BCUT2D eigenvalue weighted by Gasteiger charge is -2.12. The van der Waals surface area contributed by atoms with Gasteiger partial charge in [0.1, 0.15) is 0 Å². The molecule has 0 saturated carbocycles. The van der Waals surface area contributed by atoms with Crippen LogP contribution in [0.4, 0.5) is 0 Å². The summed E-state index contributed by atoms with van der Waals surface area (Å²) in [4.78, 5) is 12.2. The lowest BCUT2D eigenvalue weighted by atomic mass is 10.1. The highest BCUT2D eigenvalue weighted by Crippen LogP contribution is 2.12. The Bertz CT molecular complexity index is 807. The van der Waals surface area contributed by atoms with Crippen molar-refractivity contribution in [2.75, 3.05) is 0 Å². The third-order valence-electron chi connectivity index (χ3n) is 3.87. The molecule has 0 spiro atoms. The number of amides is 1. The molecule has 1 aromatic carbocycles. The lowest BCUT2D eigenvalue weighted by molar-refractivity contribution is -0.121. The van der Waals surface area contributed by atoms with E-state index < -0.39 is 0 Å². The minimum absolute atomic E-state index is 0.0192. The molecule has 0 bridgehead atoms. The number of aromatic nitrogens is 3. The molecule has 5 nitrogen and oxygen atoms in total. The van der Waals surface area contributed by atoms with Gasteiger partial charge in [-0.25, -0.2) is 0 Å². The fraction of sp³-hybridized carbons (Fsp3) is 0.278. The van der Waals surface area contributed by atoms with Gasteiger partial charge in [-0.1, -0.05) is 35.9 Å². The van der Waals surface area contributed by atoms with Crippen LogP contribution in [-0.2, 0) is 11.2 Å². The van der Waals surface area contributed by atoms with E-state index in [0.717, 1.165) is 17.9 Å². The van der Waals surface area contributed by atoms with Gasteiger partial charge < -0.3 is 5.32 Å². The molecule has 0 fully saturated rings. The van der Waals surface area contributed by atoms with Crippen LogP contribution in [0.5, 0.6) is 0 Å². The number of carbonyl (C=O) groups is 1. The summed E-state index contributed by atoms with van der Waals surface area (Å²) in [6.45, 7) is 3.98. The standard InChI is InChI=1S/C18H20N4O/c1-13-6-8-15(9-7-13)10-11-17(23)19-14(2)18-21-20-16-5-3-4-12-22(16)18/h3-9,12,14H,10-11H2,1-2H3,(H,19,23). The smallest absolute Gasteiger partial charge is 0.220 e. The average molecular weight is 308 g/mol. The largest absolute Gasteiger partial charge is 0.346 e. The van der Waals surface area contributed by atoms with E-state index in [9.17, 15) is 4.79 Å². The van der Waals surface area contributed by atoms with E-state index in [1.54, 1.807) is 0 Å². The highest BCUT2D eigenvalue weighted by molar-refractivity contribution is 5.76. The Labute approximate surface area is 135 Å². The van der Waals surface area contributed by atoms with Crippen molar-refractivity contribution in [1.29, 1.82) is 0 Å². The van der Waals surface area contributed by atoms with Gasteiger partial charge in [-0.05, 0) is 38.0 Å². The van der Waals surface area contributed by atoms with Gasteiger partial charge in [-0.3, -0.25) is 9.20 Å². The zero-order valence-electron chi connectivity index (χ0n) is 13.4. The Morgan fingerprint density at radius 2 is 1.96 bits per heavy atom. The van der Waals surface area contributed by atoms with Crippen LogP contribution in [0, 0.1) is 6.92 Å². The summed E-state index contributed by atoms with van der Waals surface area (Å²) in [5.41, 5.74) is 3.18. The van der Waals surface area contributed by atoms with Crippen molar-refractivity contribution in [3.8, 4) is 0 Å². The third-order valence-corrected chi connectivity index (χ3v) is 3.87. The molecule has 1 atom stereocenters. The summed E-state index contributed by atoms with van der Waals surface area (Å²) in [7, 11) is 0. The maximum absolute atomic E-state index is 12.2. The van der Waals surface area contributed by atoms with Crippen molar-refractivity contribution < 1.29 is 4.79 Å². The lowest BCUT2D eigenvalue weighted by Crippen LogP contribution is -2.28. The first-order valence-corrected chi connectivity index (χ1v) is 7.78. The molecule has 5 heteroatoms. The summed E-state index contributed by atoms with van der Waals surface area (Å²) in [6.07, 6.45) is 3.10. The van der Waals surface area contributed by atoms with E-state index >= 15 is 0 Å². The number of hydrogen-bond acceptors (Lipinski definition) is 3. The molecular formula is C18H20N4O. The first-order valence-electron chi connectivity index (χ1n) is 7.78. The Hall–Kier alpha value is -2.69. The topological polar surface area (TPSA) is 59.3 Å². The molecule has 0 saturated heterocycles. The van der Waals surface area contributed by atoms with Crippen molar-refractivity contribution in [2.45, 2.75) is 32.7 Å². The van der Waals surface area contributed by atoms with E-state index in [1.165, 1.54) is 11.1 Å². The summed E-state index contributed by atoms with van der Waals surface area (Å²) >= 11 is 0. The van der Waals surface area contributed by atoms with Gasteiger partial charge in [0.05, 0.1) is 6.04 Å². The molecule has 3 aromatic rings. The van der Waals surface area contributed by atoms with E-state index in [1.807, 2.05) is 35.7 Å². The molecule has 0 aliphatic carbocycles. The van der Waals surface area contributed by atoms with Gasteiger partial charge in [-0.15, -0.1) is 10.2 Å². The SMILES string of the molecule is Cc1ccc(CCC(=O)NC(C)c2nnc3ccccn23)cc1. The molecule has 0 radical (unpaired) electrons. The summed E-state index contributed by atoms with van der Waals surface area (Å²) < 4.78 is 1.89. The minimum atomic E-state index is -0.182. The molecule has 3 rings (SSSR count). The number of aryl methyl sites for hydroxylation is 2. The van der Waals surface area contributed by atoms with E-state index in [-0.39, 0.29) is 11.9 Å². The molecule has 0 aliphatic heterocycles. The number of pyridine rings is 1. The van der Waals surface area contributed by atoms with Gasteiger partial charge in [-0.2, -0.15) is 0 Å². The fourth-order valence-corrected chi connectivity index (χ4v) is 2.55. The van der Waals surface area contributed by atoms with Gasteiger partial charge in [0.2, 0.25) is 5.91 Å². The summed E-state index contributed by atoms with van der Waals surface area (Å²) in [5.74, 6) is 0.759. The monoisotopic (exact) mass is 308 g/mol. The maximum atomic E-state index is 12.2. The fourth-order valence-electron chi connectivity index (χ4n) is 2.55. The highest BCUT2D eigenvalue weighted by atomic mass is 16.1. The molecule has 2 aromatic heterocycles. The van der Waals surface area contributed by atoms with Gasteiger partial charge in [0, 0.05) is 12.6 Å². The van der Waals surface area contributed by atoms with Crippen molar-refractivity contribution in [1.82, 2.24) is 19.9 Å². The van der Waals surface area contributed by atoms with Crippen LogP contribution < -0.4 is 5.32 Å². The van der Waals surface area contributed by atoms with Crippen molar-refractivity contribution in [3.05, 3.63) is 65.6 Å². The Kier molecular flexibility index (Phi) is 4.37. The van der Waals surface area contributed by atoms with Gasteiger partial charge in [0.15, 0.2) is 11.5 Å². The van der Waals surface area contributed by atoms with E-state index in [2.05, 4.69) is 46.7 Å². The molecule has 1 amide bonds. The van der Waals surface area contributed by atoms with Crippen LogP contribution in [-0.4, -0.2) is 20.5 Å². The summed E-state index contributed by atoms with van der Waals surface area (Å²) in [5, 5.41) is 11.3.